The second-order valence-electron chi connectivity index (χ2n) is 4.61. The van der Waals surface area contributed by atoms with Crippen molar-refractivity contribution in [2.45, 2.75) is 6.42 Å². The van der Waals surface area contributed by atoms with Crippen LogP contribution in [0.25, 0.3) is 5.65 Å². The molecule has 1 saturated heterocycles. The fraction of sp³-hybridized carbons (Fsp3) is 0.308. The maximum atomic E-state index is 12.1. The van der Waals surface area contributed by atoms with Crippen molar-refractivity contribution in [2.24, 2.45) is 5.92 Å². The van der Waals surface area contributed by atoms with Gasteiger partial charge >= 0.3 is 0 Å². The molecule has 1 amide bonds. The van der Waals surface area contributed by atoms with Crippen LogP contribution in [0, 0.1) is 17.4 Å². The lowest BCUT2D eigenvalue weighted by molar-refractivity contribution is -0.119. The second-order valence-corrected chi connectivity index (χ2v) is 4.61. The molecule has 0 radical (unpaired) electrons. The predicted molar refractivity (Wildman–Crippen MR) is 69.1 cm³/mol. The van der Waals surface area contributed by atoms with E-state index in [0.717, 1.165) is 5.65 Å². The standard InChI is InChI=1S/C13H13N5O/c14-9-17-6-4-10(7-17)13(19)16-11-8-18-5-2-1-3-12(18)15-11/h1-3,5,8,10H,4,6-7H2,(H,16,19)/t10-/m0/s1. The number of nitrogens with zero attached hydrogens (tertiary/aromatic N) is 4. The smallest absolute Gasteiger partial charge is 0.230 e. The Balaban J connectivity index is 1.71. The summed E-state index contributed by atoms with van der Waals surface area (Å²) < 4.78 is 1.85. The van der Waals surface area contributed by atoms with E-state index in [1.54, 1.807) is 11.1 Å². The molecule has 1 fully saturated rings. The topological polar surface area (TPSA) is 73.4 Å². The molecule has 0 saturated carbocycles. The van der Waals surface area contributed by atoms with Crippen LogP contribution in [0.5, 0.6) is 0 Å². The molecule has 0 bridgehead atoms. The minimum Gasteiger partial charge on any atom is -0.310 e. The Bertz CT molecular complexity index is 623. The Kier molecular flexibility index (Phi) is 2.80. The van der Waals surface area contributed by atoms with Gasteiger partial charge in [-0.15, -0.1) is 0 Å². The number of rotatable bonds is 2. The number of hydrogen-bond acceptors (Lipinski definition) is 4. The molecule has 1 aliphatic heterocycles. The van der Waals surface area contributed by atoms with E-state index < -0.39 is 0 Å². The summed E-state index contributed by atoms with van der Waals surface area (Å²) in [5, 5.41) is 11.6. The van der Waals surface area contributed by atoms with E-state index >= 15 is 0 Å². The average molecular weight is 255 g/mol. The Morgan fingerprint density at radius 3 is 3.16 bits per heavy atom. The zero-order chi connectivity index (χ0) is 13.2. The van der Waals surface area contributed by atoms with E-state index in [0.29, 0.717) is 25.3 Å². The van der Waals surface area contributed by atoms with Crippen LogP contribution in [-0.4, -0.2) is 33.3 Å². The van der Waals surface area contributed by atoms with Crippen molar-refractivity contribution in [2.75, 3.05) is 18.4 Å². The lowest BCUT2D eigenvalue weighted by Gasteiger charge is -2.08. The fourth-order valence-corrected chi connectivity index (χ4v) is 2.29. The molecule has 1 N–H and O–H groups in total. The number of carbonyl (C=O) groups excluding carboxylic acids is 1. The number of hydrogen-bond donors (Lipinski definition) is 1. The highest BCUT2D eigenvalue weighted by atomic mass is 16.2. The number of carbonyl (C=O) groups is 1. The lowest BCUT2D eigenvalue weighted by atomic mass is 10.1. The van der Waals surface area contributed by atoms with Crippen molar-refractivity contribution in [1.29, 1.82) is 5.26 Å². The number of nitrogens with one attached hydrogen (secondary N) is 1. The van der Waals surface area contributed by atoms with Crippen molar-refractivity contribution in [3.8, 4) is 6.19 Å². The van der Waals surface area contributed by atoms with Crippen LogP contribution in [0.4, 0.5) is 5.82 Å². The highest BCUT2D eigenvalue weighted by Gasteiger charge is 2.28. The molecule has 1 atom stereocenters. The van der Waals surface area contributed by atoms with Crippen LogP contribution in [0.3, 0.4) is 0 Å². The summed E-state index contributed by atoms with van der Waals surface area (Å²) >= 11 is 0. The first-order valence-corrected chi connectivity index (χ1v) is 6.15. The Labute approximate surface area is 110 Å². The van der Waals surface area contributed by atoms with Gasteiger partial charge in [0.05, 0.1) is 12.1 Å². The van der Waals surface area contributed by atoms with Crippen LogP contribution < -0.4 is 5.32 Å². The van der Waals surface area contributed by atoms with Gasteiger partial charge in [-0.3, -0.25) is 4.79 Å². The number of imidazole rings is 1. The van der Waals surface area contributed by atoms with Crippen molar-refractivity contribution < 1.29 is 4.79 Å². The lowest BCUT2D eigenvalue weighted by Crippen LogP contribution is -2.25. The van der Waals surface area contributed by atoms with Gasteiger partial charge in [0.1, 0.15) is 5.65 Å². The number of amides is 1. The Morgan fingerprint density at radius 2 is 2.42 bits per heavy atom. The van der Waals surface area contributed by atoms with Crippen LogP contribution >= 0.6 is 0 Å². The first-order chi connectivity index (χ1) is 9.26. The normalized spacial score (nSPS) is 18.5. The van der Waals surface area contributed by atoms with E-state index in [-0.39, 0.29) is 11.8 Å². The third-order valence-corrected chi connectivity index (χ3v) is 3.32. The van der Waals surface area contributed by atoms with E-state index in [1.807, 2.05) is 28.8 Å². The van der Waals surface area contributed by atoms with Gasteiger partial charge in [0, 0.05) is 19.3 Å². The zero-order valence-electron chi connectivity index (χ0n) is 10.3. The van der Waals surface area contributed by atoms with Crippen molar-refractivity contribution in [3.05, 3.63) is 30.6 Å². The quantitative estimate of drug-likeness (QED) is 0.815. The maximum absolute atomic E-state index is 12.1. The number of aromatic nitrogens is 2. The molecule has 6 nitrogen and oxygen atoms in total. The summed E-state index contributed by atoms with van der Waals surface area (Å²) in [6.07, 6.45) is 6.44. The Hall–Kier alpha value is -2.55. The number of nitriles is 1. The summed E-state index contributed by atoms with van der Waals surface area (Å²) in [6.45, 7) is 1.15. The summed E-state index contributed by atoms with van der Waals surface area (Å²) in [4.78, 5) is 18.0. The Morgan fingerprint density at radius 1 is 1.53 bits per heavy atom. The predicted octanol–water partition coefficient (Wildman–Crippen LogP) is 1.08. The van der Waals surface area contributed by atoms with Gasteiger partial charge in [-0.1, -0.05) is 6.07 Å². The first kappa shape index (κ1) is 11.5. The number of likely N-dealkylation sites (tertiary alicyclic amines) is 1. The summed E-state index contributed by atoms with van der Waals surface area (Å²) in [6, 6.07) is 5.68. The van der Waals surface area contributed by atoms with Gasteiger partial charge in [0.25, 0.3) is 0 Å². The monoisotopic (exact) mass is 255 g/mol. The minimum absolute atomic E-state index is 0.0684. The average Bonchev–Trinajstić information content (AvgIpc) is 3.04. The van der Waals surface area contributed by atoms with Crippen LogP contribution in [0.15, 0.2) is 30.6 Å². The fourth-order valence-electron chi connectivity index (χ4n) is 2.29. The number of fused-ring (bicyclic) bond motifs is 1. The number of pyridine rings is 1. The molecule has 2 aromatic heterocycles. The maximum Gasteiger partial charge on any atom is 0.230 e. The molecule has 19 heavy (non-hydrogen) atoms. The van der Waals surface area contributed by atoms with Crippen molar-refractivity contribution >= 4 is 17.4 Å². The van der Waals surface area contributed by atoms with Crippen molar-refractivity contribution in [1.82, 2.24) is 14.3 Å². The number of anilines is 1. The van der Waals surface area contributed by atoms with Gasteiger partial charge in [-0.05, 0) is 18.6 Å². The third-order valence-electron chi connectivity index (χ3n) is 3.32. The highest BCUT2D eigenvalue weighted by molar-refractivity contribution is 5.92. The summed E-state index contributed by atoms with van der Waals surface area (Å²) in [5.74, 6) is 0.345. The van der Waals surface area contributed by atoms with Gasteiger partial charge in [0.15, 0.2) is 12.0 Å². The van der Waals surface area contributed by atoms with Gasteiger partial charge in [0.2, 0.25) is 5.91 Å². The van der Waals surface area contributed by atoms with Crippen LogP contribution in [-0.2, 0) is 4.79 Å². The van der Waals surface area contributed by atoms with E-state index in [2.05, 4.69) is 16.5 Å². The van der Waals surface area contributed by atoms with Gasteiger partial charge in [-0.25, -0.2) is 4.98 Å². The summed E-state index contributed by atoms with van der Waals surface area (Å²) in [7, 11) is 0. The van der Waals surface area contributed by atoms with Gasteiger partial charge < -0.3 is 14.6 Å². The first-order valence-electron chi connectivity index (χ1n) is 6.15. The molecular weight excluding hydrogens is 242 g/mol. The molecule has 0 aromatic carbocycles. The van der Waals surface area contributed by atoms with Crippen LogP contribution in [0.2, 0.25) is 0 Å². The molecule has 0 unspecified atom stereocenters. The molecule has 6 heteroatoms. The zero-order valence-corrected chi connectivity index (χ0v) is 10.3. The molecule has 2 aromatic rings. The van der Waals surface area contributed by atoms with E-state index in [1.165, 1.54) is 0 Å². The largest absolute Gasteiger partial charge is 0.310 e. The van der Waals surface area contributed by atoms with Crippen molar-refractivity contribution in [3.63, 3.8) is 0 Å². The third kappa shape index (κ3) is 2.22. The van der Waals surface area contributed by atoms with Gasteiger partial charge in [-0.2, -0.15) is 5.26 Å². The van der Waals surface area contributed by atoms with E-state index in [9.17, 15) is 4.79 Å². The van der Waals surface area contributed by atoms with Crippen LogP contribution in [0.1, 0.15) is 6.42 Å². The summed E-state index contributed by atoms with van der Waals surface area (Å²) in [5.41, 5.74) is 0.794. The highest BCUT2D eigenvalue weighted by Crippen LogP contribution is 2.17. The molecule has 96 valence electrons. The molecule has 0 aliphatic carbocycles. The molecule has 0 spiro atoms. The van der Waals surface area contributed by atoms with E-state index in [4.69, 9.17) is 5.26 Å². The minimum atomic E-state index is -0.135. The molecule has 3 rings (SSSR count). The molecule has 1 aliphatic rings. The second kappa shape index (κ2) is 4.61. The molecular formula is C13H13N5O. The SMILES string of the molecule is N#CN1CC[C@H](C(=O)Nc2cn3ccccc3n2)C1. The molecule has 3 heterocycles.